The van der Waals surface area contributed by atoms with Crippen molar-refractivity contribution in [3.63, 3.8) is 0 Å². The van der Waals surface area contributed by atoms with E-state index in [0.717, 1.165) is 12.8 Å². The predicted molar refractivity (Wildman–Crippen MR) is 51.7 cm³/mol. The first-order valence-corrected chi connectivity index (χ1v) is 4.82. The van der Waals surface area contributed by atoms with E-state index in [4.69, 9.17) is 5.73 Å². The van der Waals surface area contributed by atoms with E-state index in [2.05, 4.69) is 10.2 Å². The van der Waals surface area contributed by atoms with Gasteiger partial charge >= 0.3 is 0 Å². The molecule has 5 heteroatoms. The van der Waals surface area contributed by atoms with Gasteiger partial charge in [-0.1, -0.05) is 0 Å². The summed E-state index contributed by atoms with van der Waals surface area (Å²) in [6.45, 7) is 1.15. The SMILES string of the molecule is NCCN(C(=O)c1cn[nH]c1)C1CC1. The highest BCUT2D eigenvalue weighted by molar-refractivity contribution is 5.94. The summed E-state index contributed by atoms with van der Waals surface area (Å²) in [4.78, 5) is 13.7. The maximum absolute atomic E-state index is 11.9. The molecule has 1 saturated carbocycles. The van der Waals surface area contributed by atoms with Gasteiger partial charge in [0.05, 0.1) is 11.8 Å². The number of amides is 1. The van der Waals surface area contributed by atoms with E-state index >= 15 is 0 Å². The Morgan fingerprint density at radius 3 is 3.00 bits per heavy atom. The molecular formula is C9H14N4O. The standard InChI is InChI=1S/C9H14N4O/c10-3-4-13(8-1-2-8)9(14)7-5-11-12-6-7/h5-6,8H,1-4,10H2,(H,11,12). The first kappa shape index (κ1) is 9.21. The Balaban J connectivity index is 2.07. The van der Waals surface area contributed by atoms with E-state index in [9.17, 15) is 4.79 Å². The van der Waals surface area contributed by atoms with Gasteiger partial charge in [0.15, 0.2) is 0 Å². The lowest BCUT2D eigenvalue weighted by atomic mass is 10.3. The number of hydrogen-bond donors (Lipinski definition) is 2. The molecule has 0 aliphatic heterocycles. The third-order valence-electron chi connectivity index (χ3n) is 2.36. The molecule has 0 radical (unpaired) electrons. The Hall–Kier alpha value is -1.36. The highest BCUT2D eigenvalue weighted by atomic mass is 16.2. The number of hydrogen-bond acceptors (Lipinski definition) is 3. The highest BCUT2D eigenvalue weighted by Crippen LogP contribution is 2.27. The summed E-state index contributed by atoms with van der Waals surface area (Å²) in [5, 5.41) is 6.40. The van der Waals surface area contributed by atoms with Gasteiger partial charge in [-0.25, -0.2) is 0 Å². The van der Waals surface area contributed by atoms with E-state index in [1.807, 2.05) is 4.90 Å². The van der Waals surface area contributed by atoms with Gasteiger partial charge in [-0.05, 0) is 12.8 Å². The third kappa shape index (κ3) is 1.77. The molecule has 76 valence electrons. The van der Waals surface area contributed by atoms with E-state index < -0.39 is 0 Å². The normalized spacial score (nSPS) is 15.5. The zero-order valence-electron chi connectivity index (χ0n) is 7.94. The van der Waals surface area contributed by atoms with E-state index in [-0.39, 0.29) is 5.91 Å². The predicted octanol–water partition coefficient (Wildman–Crippen LogP) is -0.0270. The van der Waals surface area contributed by atoms with Crippen molar-refractivity contribution >= 4 is 5.91 Å². The molecule has 1 aromatic heterocycles. The number of carbonyl (C=O) groups excluding carboxylic acids is 1. The first-order chi connectivity index (χ1) is 6.83. The number of nitrogens with zero attached hydrogens (tertiary/aromatic N) is 2. The van der Waals surface area contributed by atoms with Crippen molar-refractivity contribution in [1.29, 1.82) is 0 Å². The summed E-state index contributed by atoms with van der Waals surface area (Å²) in [6, 6.07) is 0.404. The zero-order chi connectivity index (χ0) is 9.97. The van der Waals surface area contributed by atoms with Gasteiger partial charge < -0.3 is 10.6 Å². The van der Waals surface area contributed by atoms with Crippen molar-refractivity contribution in [1.82, 2.24) is 15.1 Å². The number of nitrogens with one attached hydrogen (secondary N) is 1. The van der Waals surface area contributed by atoms with E-state index in [0.29, 0.717) is 24.7 Å². The molecule has 1 aliphatic rings. The van der Waals surface area contributed by atoms with Crippen LogP contribution in [0.25, 0.3) is 0 Å². The Bertz CT molecular complexity index is 305. The van der Waals surface area contributed by atoms with E-state index in [1.165, 1.54) is 0 Å². The fraction of sp³-hybridized carbons (Fsp3) is 0.556. The van der Waals surface area contributed by atoms with Crippen LogP contribution in [0.3, 0.4) is 0 Å². The van der Waals surface area contributed by atoms with Crippen LogP contribution in [-0.4, -0.2) is 40.1 Å². The molecule has 0 unspecified atom stereocenters. The molecule has 0 spiro atoms. The largest absolute Gasteiger partial charge is 0.334 e. The molecular weight excluding hydrogens is 180 g/mol. The van der Waals surface area contributed by atoms with Crippen molar-refractivity contribution in [2.24, 2.45) is 5.73 Å². The van der Waals surface area contributed by atoms with Crippen molar-refractivity contribution in [2.75, 3.05) is 13.1 Å². The lowest BCUT2D eigenvalue weighted by Crippen LogP contribution is -2.36. The lowest BCUT2D eigenvalue weighted by Gasteiger charge is -2.20. The number of nitrogens with two attached hydrogens (primary N) is 1. The average Bonchev–Trinajstić information content (AvgIpc) is 2.88. The highest BCUT2D eigenvalue weighted by Gasteiger charge is 2.32. The summed E-state index contributed by atoms with van der Waals surface area (Å²) in [7, 11) is 0. The molecule has 1 amide bonds. The molecule has 5 nitrogen and oxygen atoms in total. The van der Waals surface area contributed by atoms with Gasteiger partial charge in [-0.15, -0.1) is 0 Å². The van der Waals surface area contributed by atoms with Crippen LogP contribution in [0.4, 0.5) is 0 Å². The smallest absolute Gasteiger partial charge is 0.257 e. The molecule has 3 N–H and O–H groups in total. The maximum Gasteiger partial charge on any atom is 0.257 e. The summed E-state index contributed by atoms with van der Waals surface area (Å²) in [6.07, 6.45) is 5.37. The van der Waals surface area contributed by atoms with Gasteiger partial charge in [0.2, 0.25) is 0 Å². The van der Waals surface area contributed by atoms with Crippen LogP contribution in [0.5, 0.6) is 0 Å². The van der Waals surface area contributed by atoms with Crippen LogP contribution in [-0.2, 0) is 0 Å². The van der Waals surface area contributed by atoms with Gasteiger partial charge in [0, 0.05) is 25.3 Å². The van der Waals surface area contributed by atoms with Gasteiger partial charge in [0.25, 0.3) is 5.91 Å². The number of H-pyrrole nitrogens is 1. The molecule has 0 bridgehead atoms. The van der Waals surface area contributed by atoms with Gasteiger partial charge in [0.1, 0.15) is 0 Å². The van der Waals surface area contributed by atoms with Crippen molar-refractivity contribution in [2.45, 2.75) is 18.9 Å². The minimum atomic E-state index is 0.0340. The summed E-state index contributed by atoms with van der Waals surface area (Å²) in [5.74, 6) is 0.0340. The molecule has 1 heterocycles. The molecule has 0 aromatic carbocycles. The van der Waals surface area contributed by atoms with Crippen molar-refractivity contribution in [3.8, 4) is 0 Å². The molecule has 1 aliphatic carbocycles. The topological polar surface area (TPSA) is 75.0 Å². The molecule has 1 aromatic rings. The zero-order valence-corrected chi connectivity index (χ0v) is 7.94. The second-order valence-electron chi connectivity index (χ2n) is 3.51. The molecule has 1 fully saturated rings. The monoisotopic (exact) mass is 194 g/mol. The summed E-state index contributed by atoms with van der Waals surface area (Å²) < 4.78 is 0. The van der Waals surface area contributed by atoms with Crippen LogP contribution < -0.4 is 5.73 Å². The molecule has 0 saturated heterocycles. The second-order valence-corrected chi connectivity index (χ2v) is 3.51. The fourth-order valence-electron chi connectivity index (χ4n) is 1.51. The van der Waals surface area contributed by atoms with Gasteiger partial charge in [-0.2, -0.15) is 5.10 Å². The third-order valence-corrected chi connectivity index (χ3v) is 2.36. The van der Waals surface area contributed by atoms with E-state index in [1.54, 1.807) is 12.4 Å². The van der Waals surface area contributed by atoms with Crippen LogP contribution in [0.15, 0.2) is 12.4 Å². The Labute approximate surface area is 82.3 Å². The molecule has 0 atom stereocenters. The summed E-state index contributed by atoms with van der Waals surface area (Å²) >= 11 is 0. The Kier molecular flexibility index (Phi) is 2.49. The van der Waals surface area contributed by atoms with Crippen LogP contribution in [0.2, 0.25) is 0 Å². The second kappa shape index (κ2) is 3.79. The first-order valence-electron chi connectivity index (χ1n) is 4.82. The Morgan fingerprint density at radius 2 is 2.50 bits per heavy atom. The summed E-state index contributed by atoms with van der Waals surface area (Å²) in [5.41, 5.74) is 6.08. The van der Waals surface area contributed by atoms with Gasteiger partial charge in [-0.3, -0.25) is 9.89 Å². The quantitative estimate of drug-likeness (QED) is 0.707. The minimum absolute atomic E-state index is 0.0340. The minimum Gasteiger partial charge on any atom is -0.334 e. The number of aromatic amines is 1. The van der Waals surface area contributed by atoms with Crippen LogP contribution in [0, 0.1) is 0 Å². The lowest BCUT2D eigenvalue weighted by molar-refractivity contribution is 0.0748. The van der Waals surface area contributed by atoms with Crippen LogP contribution >= 0.6 is 0 Å². The Morgan fingerprint density at radius 1 is 1.71 bits per heavy atom. The van der Waals surface area contributed by atoms with Crippen molar-refractivity contribution in [3.05, 3.63) is 18.0 Å². The molecule has 14 heavy (non-hydrogen) atoms. The molecule has 2 rings (SSSR count). The van der Waals surface area contributed by atoms with Crippen molar-refractivity contribution < 1.29 is 4.79 Å². The number of aromatic nitrogens is 2. The average molecular weight is 194 g/mol. The number of carbonyl (C=O) groups is 1. The van der Waals surface area contributed by atoms with Crippen LogP contribution in [0.1, 0.15) is 23.2 Å². The maximum atomic E-state index is 11.9. The fourth-order valence-corrected chi connectivity index (χ4v) is 1.51. The number of rotatable bonds is 4.